The summed E-state index contributed by atoms with van der Waals surface area (Å²) in [5.74, 6) is -1.61. The number of phenolic OH excluding ortho intramolecular Hbond substituents is 1. The van der Waals surface area contributed by atoms with Crippen LogP contribution in [-0.4, -0.2) is 59.6 Å². The summed E-state index contributed by atoms with van der Waals surface area (Å²) >= 11 is 0. The fourth-order valence-electron chi connectivity index (χ4n) is 2.97. The van der Waals surface area contributed by atoms with Crippen LogP contribution in [0.15, 0.2) is 18.2 Å². The molecule has 0 spiro atoms. The van der Waals surface area contributed by atoms with Gasteiger partial charge in [-0.15, -0.1) is 0 Å². The third-order valence-electron chi connectivity index (χ3n) is 4.63. The molecule has 0 aromatic heterocycles. The molecule has 1 rings (SSSR count). The van der Waals surface area contributed by atoms with Crippen molar-refractivity contribution in [2.75, 3.05) is 13.2 Å². The molecule has 2 amide bonds. The smallest absolute Gasteiger partial charge is 0.408 e. The van der Waals surface area contributed by atoms with Gasteiger partial charge in [0.1, 0.15) is 17.2 Å². The molecule has 11 heteroatoms. The number of carbonyl (C=O) groups excluding carboxylic acids is 4. The summed E-state index contributed by atoms with van der Waals surface area (Å²) < 4.78 is 21.0. The number of carbonyl (C=O) groups is 4. The number of phenols is 1. The van der Waals surface area contributed by atoms with Gasteiger partial charge in [0.2, 0.25) is 0 Å². The van der Waals surface area contributed by atoms with Gasteiger partial charge in [0.05, 0.1) is 6.61 Å². The van der Waals surface area contributed by atoms with Crippen LogP contribution in [0.4, 0.5) is 9.59 Å². The van der Waals surface area contributed by atoms with Crippen LogP contribution < -0.4 is 15.4 Å². The Bertz CT molecular complexity index is 949. The van der Waals surface area contributed by atoms with E-state index < -0.39 is 41.4 Å². The fraction of sp³-hybridized carbons (Fsp3) is 0.630. The van der Waals surface area contributed by atoms with Crippen molar-refractivity contribution in [3.63, 3.8) is 0 Å². The molecule has 1 aromatic rings. The second-order valence-electron chi connectivity index (χ2n) is 10.7. The van der Waals surface area contributed by atoms with Crippen molar-refractivity contribution in [3.05, 3.63) is 23.8 Å². The predicted molar refractivity (Wildman–Crippen MR) is 140 cm³/mol. The highest BCUT2D eigenvalue weighted by atomic mass is 16.6. The first kappa shape index (κ1) is 32.5. The van der Waals surface area contributed by atoms with Crippen molar-refractivity contribution >= 4 is 24.1 Å². The van der Waals surface area contributed by atoms with Gasteiger partial charge < -0.3 is 34.7 Å². The summed E-state index contributed by atoms with van der Waals surface area (Å²) in [5.41, 5.74) is -0.881. The van der Waals surface area contributed by atoms with Crippen LogP contribution in [0, 0.1) is 0 Å². The molecular formula is C27H42N2O9. The van der Waals surface area contributed by atoms with E-state index in [9.17, 15) is 24.3 Å². The molecule has 0 unspecified atom stereocenters. The maximum absolute atomic E-state index is 12.7. The number of nitrogens with one attached hydrogen (secondary N) is 2. The molecule has 38 heavy (non-hydrogen) atoms. The zero-order valence-electron chi connectivity index (χ0n) is 23.5. The highest BCUT2D eigenvalue weighted by molar-refractivity contribution is 5.82. The zero-order valence-corrected chi connectivity index (χ0v) is 23.5. The van der Waals surface area contributed by atoms with Crippen molar-refractivity contribution in [2.45, 2.75) is 97.8 Å². The molecular weight excluding hydrogens is 496 g/mol. The minimum atomic E-state index is -1.06. The molecule has 0 saturated heterocycles. The maximum Gasteiger partial charge on any atom is 0.408 e. The Morgan fingerprint density at radius 2 is 1.58 bits per heavy atom. The van der Waals surface area contributed by atoms with Crippen molar-refractivity contribution in [2.24, 2.45) is 0 Å². The number of amides is 2. The van der Waals surface area contributed by atoms with E-state index in [4.69, 9.17) is 18.9 Å². The van der Waals surface area contributed by atoms with Gasteiger partial charge in [-0.3, -0.25) is 4.79 Å². The van der Waals surface area contributed by atoms with Crippen molar-refractivity contribution < 1.29 is 43.2 Å². The molecule has 0 heterocycles. The lowest BCUT2D eigenvalue weighted by Crippen LogP contribution is -2.45. The molecule has 0 fully saturated rings. The van der Waals surface area contributed by atoms with Gasteiger partial charge in [-0.1, -0.05) is 19.4 Å². The average Bonchev–Trinajstić information content (AvgIpc) is 2.76. The van der Waals surface area contributed by atoms with Crippen LogP contribution in [0.3, 0.4) is 0 Å². The molecule has 1 atom stereocenters. The number of rotatable bonds is 12. The van der Waals surface area contributed by atoms with Gasteiger partial charge in [-0.25, -0.2) is 14.4 Å². The number of benzene rings is 1. The second-order valence-corrected chi connectivity index (χ2v) is 10.7. The summed E-state index contributed by atoms with van der Waals surface area (Å²) in [6.07, 6.45) is 0.434. The predicted octanol–water partition coefficient (Wildman–Crippen LogP) is 4.38. The van der Waals surface area contributed by atoms with Gasteiger partial charge in [0.15, 0.2) is 11.5 Å². The second kappa shape index (κ2) is 15.0. The van der Waals surface area contributed by atoms with Gasteiger partial charge in [-0.2, -0.15) is 0 Å². The van der Waals surface area contributed by atoms with Crippen molar-refractivity contribution in [1.82, 2.24) is 10.6 Å². The summed E-state index contributed by atoms with van der Waals surface area (Å²) in [4.78, 5) is 48.9. The van der Waals surface area contributed by atoms with Crippen molar-refractivity contribution in [3.8, 4) is 11.5 Å². The molecule has 0 radical (unpaired) electrons. The third-order valence-corrected chi connectivity index (χ3v) is 4.63. The quantitative estimate of drug-likeness (QED) is 0.152. The monoisotopic (exact) mass is 538 g/mol. The number of hydrogen-bond acceptors (Lipinski definition) is 9. The maximum atomic E-state index is 12.7. The van der Waals surface area contributed by atoms with E-state index in [0.29, 0.717) is 18.4 Å². The molecule has 11 nitrogen and oxygen atoms in total. The first-order chi connectivity index (χ1) is 17.6. The average molecular weight is 539 g/mol. The largest absolute Gasteiger partial charge is 0.504 e. The summed E-state index contributed by atoms with van der Waals surface area (Å²) in [6.45, 7) is 12.7. The molecule has 214 valence electrons. The van der Waals surface area contributed by atoms with E-state index in [-0.39, 0.29) is 37.5 Å². The first-order valence-electron chi connectivity index (χ1n) is 12.7. The third kappa shape index (κ3) is 14.3. The lowest BCUT2D eigenvalue weighted by molar-refractivity contribution is -0.146. The Kier molecular flexibility index (Phi) is 12.9. The van der Waals surface area contributed by atoms with Gasteiger partial charge in [-0.05, 0) is 72.1 Å². The summed E-state index contributed by atoms with van der Waals surface area (Å²) in [5, 5.41) is 15.2. The molecule has 0 aliphatic carbocycles. The number of unbranched alkanes of at least 4 members (excludes halogenated alkanes) is 1. The molecule has 0 bridgehead atoms. The summed E-state index contributed by atoms with van der Waals surface area (Å²) in [7, 11) is 0. The lowest BCUT2D eigenvalue weighted by Gasteiger charge is -2.23. The zero-order chi connectivity index (χ0) is 28.9. The highest BCUT2D eigenvalue weighted by Crippen LogP contribution is 2.28. The minimum Gasteiger partial charge on any atom is -0.504 e. The number of esters is 2. The number of aromatic hydroxyl groups is 1. The Labute approximate surface area is 224 Å². The molecule has 3 N–H and O–H groups in total. The normalized spacial score (nSPS) is 12.2. The summed E-state index contributed by atoms with van der Waals surface area (Å²) in [6, 6.07) is 3.22. The minimum absolute atomic E-state index is 0.00877. The van der Waals surface area contributed by atoms with Crippen LogP contribution >= 0.6 is 0 Å². The fourth-order valence-corrected chi connectivity index (χ4v) is 2.97. The van der Waals surface area contributed by atoms with Crippen LogP contribution in [0.1, 0.15) is 79.7 Å². The molecule has 1 aromatic carbocycles. The Morgan fingerprint density at radius 3 is 2.18 bits per heavy atom. The van der Waals surface area contributed by atoms with E-state index in [0.717, 1.165) is 6.42 Å². The SMILES string of the molecule is CCCCOC(=O)[C@H](Cc1ccc(O)c(OC(=O)CCCNC(=O)OC(C)(C)C)c1)NC(=O)OC(C)(C)C. The molecule has 0 aliphatic rings. The lowest BCUT2D eigenvalue weighted by atomic mass is 10.1. The van der Waals surface area contributed by atoms with E-state index in [1.54, 1.807) is 47.6 Å². The highest BCUT2D eigenvalue weighted by Gasteiger charge is 2.26. The Morgan fingerprint density at radius 1 is 0.947 bits per heavy atom. The van der Waals surface area contributed by atoms with E-state index in [1.165, 1.54) is 12.1 Å². The van der Waals surface area contributed by atoms with E-state index in [2.05, 4.69) is 10.6 Å². The molecule has 0 saturated carbocycles. The standard InChI is InChI=1S/C27H42N2O9/c1-8-9-15-35-23(32)19(29-25(34)38-27(5,6)7)16-18-12-13-20(30)21(17-18)36-22(31)11-10-14-28-24(33)37-26(2,3)4/h12-13,17,19,30H,8-11,14-16H2,1-7H3,(H,28,33)(H,29,34)/t19-/m0/s1. The van der Waals surface area contributed by atoms with Crippen molar-refractivity contribution in [1.29, 1.82) is 0 Å². The van der Waals surface area contributed by atoms with Gasteiger partial charge in [0, 0.05) is 19.4 Å². The number of ether oxygens (including phenoxy) is 4. The van der Waals surface area contributed by atoms with Crippen LogP contribution in [0.5, 0.6) is 11.5 Å². The van der Waals surface area contributed by atoms with E-state index >= 15 is 0 Å². The molecule has 0 aliphatic heterocycles. The van der Waals surface area contributed by atoms with Crippen LogP contribution in [0.2, 0.25) is 0 Å². The first-order valence-corrected chi connectivity index (χ1v) is 12.7. The number of hydrogen-bond donors (Lipinski definition) is 3. The van der Waals surface area contributed by atoms with Crippen LogP contribution in [-0.2, 0) is 30.2 Å². The Balaban J connectivity index is 2.80. The Hall–Kier alpha value is -3.50. The number of alkyl carbamates (subject to hydrolysis) is 2. The van der Waals surface area contributed by atoms with Crippen LogP contribution in [0.25, 0.3) is 0 Å². The van der Waals surface area contributed by atoms with Gasteiger partial charge >= 0.3 is 24.1 Å². The van der Waals surface area contributed by atoms with Gasteiger partial charge in [0.25, 0.3) is 0 Å². The van der Waals surface area contributed by atoms with E-state index in [1.807, 2.05) is 6.92 Å². The topological polar surface area (TPSA) is 149 Å².